The Morgan fingerprint density at radius 2 is 1.09 bits per heavy atom. The van der Waals surface area contributed by atoms with Crippen LogP contribution < -0.4 is 9.47 Å². The molecule has 0 bridgehead atoms. The van der Waals surface area contributed by atoms with Gasteiger partial charge >= 0.3 is 17.9 Å². The first kappa shape index (κ1) is 36.4. The Kier molecular flexibility index (Phi) is 12.4. The Morgan fingerprint density at radius 3 is 1.50 bits per heavy atom. The zero-order valence-electron chi connectivity index (χ0n) is 29.6. The van der Waals surface area contributed by atoms with E-state index in [4.69, 9.17) is 9.47 Å². The molecule has 8 heteroatoms. The molecule has 2 fully saturated rings. The number of hydrogen-bond donors (Lipinski definition) is 0. The average molecular weight is 615 g/mol. The maximum Gasteiger partial charge on any atom is 0.324 e. The topological polar surface area (TPSA) is 84.9 Å². The largest absolute Gasteiger partial charge is 0.423 e. The van der Waals surface area contributed by atoms with Gasteiger partial charge in [-0.2, -0.15) is 9.97 Å². The van der Waals surface area contributed by atoms with E-state index in [-0.39, 0.29) is 57.7 Å². The van der Waals surface area contributed by atoms with Crippen LogP contribution in [0.1, 0.15) is 146 Å². The molecule has 1 aromatic heterocycles. The van der Waals surface area contributed by atoms with E-state index in [9.17, 15) is 9.59 Å². The van der Waals surface area contributed by atoms with Gasteiger partial charge in [0.05, 0.1) is 24.2 Å². The van der Waals surface area contributed by atoms with Crippen LogP contribution in [-0.2, 0) is 9.59 Å². The third kappa shape index (κ3) is 9.48. The highest BCUT2D eigenvalue weighted by Gasteiger charge is 2.45. The van der Waals surface area contributed by atoms with Crippen molar-refractivity contribution in [3.8, 4) is 11.8 Å². The molecule has 8 nitrogen and oxygen atoms in total. The predicted molar refractivity (Wildman–Crippen MR) is 177 cm³/mol. The molecule has 0 amide bonds. The number of esters is 2. The van der Waals surface area contributed by atoms with Crippen LogP contribution in [0, 0.1) is 11.8 Å². The first-order chi connectivity index (χ1) is 20.5. The Morgan fingerprint density at radius 1 is 0.682 bits per heavy atom. The first-order valence-electron chi connectivity index (χ1n) is 17.3. The lowest BCUT2D eigenvalue weighted by Gasteiger charge is -2.47. The van der Waals surface area contributed by atoms with Gasteiger partial charge in [0.15, 0.2) is 5.75 Å². The van der Waals surface area contributed by atoms with Crippen molar-refractivity contribution in [3.05, 3.63) is 12.4 Å². The SMILES string of the molecule is CCCCCN1C(C)(C)CCC(C(=O)Oc2cnc(OC(=O)C3CCC(C)(C)N(CCCCC)C(C)(C)C3)nc2)CC1(C)C. The minimum Gasteiger partial charge on any atom is -0.423 e. The van der Waals surface area contributed by atoms with Gasteiger partial charge in [0.2, 0.25) is 0 Å². The van der Waals surface area contributed by atoms with E-state index in [1.165, 1.54) is 44.5 Å². The van der Waals surface area contributed by atoms with Crippen molar-refractivity contribution in [3.63, 3.8) is 0 Å². The van der Waals surface area contributed by atoms with Gasteiger partial charge in [0.1, 0.15) is 0 Å². The van der Waals surface area contributed by atoms with Crippen molar-refractivity contribution >= 4 is 11.9 Å². The molecule has 3 heterocycles. The summed E-state index contributed by atoms with van der Waals surface area (Å²) in [6, 6.07) is -0.00372. The van der Waals surface area contributed by atoms with Gasteiger partial charge in [-0.1, -0.05) is 39.5 Å². The summed E-state index contributed by atoms with van der Waals surface area (Å²) in [7, 11) is 0. The van der Waals surface area contributed by atoms with Crippen molar-refractivity contribution in [1.29, 1.82) is 0 Å². The summed E-state index contributed by atoms with van der Waals surface area (Å²) >= 11 is 0. The highest BCUT2D eigenvalue weighted by molar-refractivity contribution is 5.75. The molecule has 0 aliphatic carbocycles. The Balaban J connectivity index is 1.61. The molecular weight excluding hydrogens is 552 g/mol. The third-order valence-corrected chi connectivity index (χ3v) is 10.3. The Hall–Kier alpha value is -2.06. The van der Waals surface area contributed by atoms with Gasteiger partial charge in [-0.15, -0.1) is 0 Å². The lowest BCUT2D eigenvalue weighted by atomic mass is 9.88. The van der Waals surface area contributed by atoms with Gasteiger partial charge in [-0.05, 0) is 120 Å². The molecule has 2 aliphatic heterocycles. The van der Waals surface area contributed by atoms with E-state index in [2.05, 4.69) is 89.0 Å². The molecule has 3 rings (SSSR count). The Labute approximate surface area is 268 Å². The smallest absolute Gasteiger partial charge is 0.324 e. The summed E-state index contributed by atoms with van der Waals surface area (Å²) in [5, 5.41) is 0. The van der Waals surface area contributed by atoms with Crippen LogP contribution in [0.25, 0.3) is 0 Å². The normalized spacial score (nSPS) is 25.0. The maximum atomic E-state index is 13.3. The molecule has 0 aromatic carbocycles. The van der Waals surface area contributed by atoms with Crippen molar-refractivity contribution in [2.24, 2.45) is 11.8 Å². The monoisotopic (exact) mass is 614 g/mol. The second-order valence-electron chi connectivity index (χ2n) is 15.9. The summed E-state index contributed by atoms with van der Waals surface area (Å²) in [6.07, 6.45) is 14.9. The fourth-order valence-corrected chi connectivity index (χ4v) is 8.03. The fourth-order valence-electron chi connectivity index (χ4n) is 8.03. The number of aromatic nitrogens is 2. The van der Waals surface area contributed by atoms with Crippen molar-refractivity contribution in [2.75, 3.05) is 13.1 Å². The Bertz CT molecular complexity index is 997. The van der Waals surface area contributed by atoms with Crippen LogP contribution in [-0.4, -0.2) is 67.0 Å². The number of likely N-dealkylation sites (tertiary alicyclic amines) is 2. The molecule has 0 saturated carbocycles. The number of ether oxygens (including phenoxy) is 2. The number of nitrogens with zero attached hydrogens (tertiary/aromatic N) is 4. The molecule has 0 spiro atoms. The molecule has 44 heavy (non-hydrogen) atoms. The van der Waals surface area contributed by atoms with Crippen LogP contribution in [0.4, 0.5) is 0 Å². The minimum absolute atomic E-state index is 0.00372. The van der Waals surface area contributed by atoms with E-state index >= 15 is 0 Å². The van der Waals surface area contributed by atoms with Gasteiger partial charge < -0.3 is 9.47 Å². The molecule has 250 valence electrons. The molecule has 2 atom stereocenters. The van der Waals surface area contributed by atoms with Gasteiger partial charge in [-0.25, -0.2) is 0 Å². The summed E-state index contributed by atoms with van der Waals surface area (Å²) < 4.78 is 11.4. The lowest BCUT2D eigenvalue weighted by Crippen LogP contribution is -2.55. The number of unbranched alkanes of at least 4 members (excludes halogenated alkanes) is 4. The van der Waals surface area contributed by atoms with E-state index in [1.807, 2.05) is 0 Å². The van der Waals surface area contributed by atoms with E-state index < -0.39 is 0 Å². The van der Waals surface area contributed by atoms with Gasteiger partial charge in [-0.3, -0.25) is 19.4 Å². The summed E-state index contributed by atoms with van der Waals surface area (Å²) in [4.78, 5) is 40.3. The average Bonchev–Trinajstić information content (AvgIpc) is 3.09. The molecule has 1 aromatic rings. The predicted octanol–water partition coefficient (Wildman–Crippen LogP) is 7.99. The first-order valence-corrected chi connectivity index (χ1v) is 17.3. The van der Waals surface area contributed by atoms with E-state index in [0.29, 0.717) is 0 Å². The van der Waals surface area contributed by atoms with Gasteiger partial charge in [0.25, 0.3) is 0 Å². The van der Waals surface area contributed by atoms with Crippen molar-refractivity contribution in [1.82, 2.24) is 19.8 Å². The number of carbonyl (C=O) groups is 2. The summed E-state index contributed by atoms with van der Waals surface area (Å²) in [5.41, 5.74) is -0.245. The molecule has 0 N–H and O–H groups in total. The van der Waals surface area contributed by atoms with Crippen LogP contribution in [0.2, 0.25) is 0 Å². The number of carbonyl (C=O) groups excluding carboxylic acids is 2. The maximum absolute atomic E-state index is 13.3. The second kappa shape index (κ2) is 15.0. The van der Waals surface area contributed by atoms with E-state index in [1.54, 1.807) is 0 Å². The summed E-state index contributed by atoms with van der Waals surface area (Å²) in [5.74, 6) is -0.700. The van der Waals surface area contributed by atoms with Crippen molar-refractivity contribution in [2.45, 2.75) is 168 Å². The number of rotatable bonds is 12. The lowest BCUT2D eigenvalue weighted by molar-refractivity contribution is -0.141. The van der Waals surface area contributed by atoms with Crippen LogP contribution >= 0.6 is 0 Å². The minimum atomic E-state index is -0.291. The molecular formula is C36H62N4O4. The number of hydrogen-bond acceptors (Lipinski definition) is 8. The fraction of sp³-hybridized carbons (Fsp3) is 0.833. The van der Waals surface area contributed by atoms with Crippen LogP contribution in [0.15, 0.2) is 12.4 Å². The van der Waals surface area contributed by atoms with E-state index in [0.717, 1.165) is 58.0 Å². The van der Waals surface area contributed by atoms with Crippen molar-refractivity contribution < 1.29 is 19.1 Å². The van der Waals surface area contributed by atoms with Crippen LogP contribution in [0.3, 0.4) is 0 Å². The standard InChI is InChI=1S/C36H62N4O4/c1-11-13-15-21-39-33(3,4)19-17-27(23-35(39,7)8)30(41)43-29-25-37-32(38-26-29)44-31(42)28-18-20-34(5,6)40(22-16-14-12-2)36(9,10)24-28/h25-28H,11-24H2,1-10H3. The highest BCUT2D eigenvalue weighted by atomic mass is 16.6. The molecule has 0 radical (unpaired) electrons. The second-order valence-corrected chi connectivity index (χ2v) is 15.9. The van der Waals surface area contributed by atoms with Gasteiger partial charge in [0, 0.05) is 22.2 Å². The molecule has 2 aliphatic rings. The third-order valence-electron chi connectivity index (χ3n) is 10.3. The molecule has 2 saturated heterocycles. The summed E-state index contributed by atoms with van der Waals surface area (Å²) in [6.45, 7) is 24.7. The zero-order valence-corrected chi connectivity index (χ0v) is 29.6. The highest BCUT2D eigenvalue weighted by Crippen LogP contribution is 2.41. The van der Waals surface area contributed by atoms with Crippen LogP contribution in [0.5, 0.6) is 11.8 Å². The molecule has 2 unspecified atom stereocenters. The quantitative estimate of drug-likeness (QED) is 0.173. The zero-order chi connectivity index (χ0) is 32.8.